The van der Waals surface area contributed by atoms with E-state index in [0.717, 1.165) is 6.07 Å². The van der Waals surface area contributed by atoms with E-state index in [2.05, 4.69) is 22.9 Å². The molecule has 4 N–H and O–H groups in total. The molecule has 0 heterocycles. The molecular weight excluding hydrogens is 285 g/mol. The second-order valence-electron chi connectivity index (χ2n) is 3.68. The highest BCUT2D eigenvalue weighted by atomic mass is 32.1. The van der Waals surface area contributed by atoms with Gasteiger partial charge in [0.25, 0.3) is 0 Å². The van der Waals surface area contributed by atoms with Crippen LogP contribution in [0.4, 0.5) is 10.1 Å². The minimum absolute atomic E-state index is 0.0539. The summed E-state index contributed by atoms with van der Waals surface area (Å²) in [6.07, 6.45) is 0. The summed E-state index contributed by atoms with van der Waals surface area (Å²) in [5.74, 6) is -2.41. The molecular formula is C12H14FN3O3S. The Labute approximate surface area is 120 Å². The molecule has 0 aromatic heterocycles. The van der Waals surface area contributed by atoms with Crippen LogP contribution in [0.2, 0.25) is 0 Å². The van der Waals surface area contributed by atoms with E-state index in [4.69, 9.17) is 10.5 Å². The fourth-order valence-electron chi connectivity index (χ4n) is 1.29. The minimum atomic E-state index is -0.940. The monoisotopic (exact) mass is 299 g/mol. The lowest BCUT2D eigenvalue weighted by Crippen LogP contribution is -2.39. The molecule has 0 radical (unpaired) electrons. The van der Waals surface area contributed by atoms with E-state index in [1.807, 2.05) is 0 Å². The highest BCUT2D eigenvalue weighted by molar-refractivity contribution is 7.80. The van der Waals surface area contributed by atoms with Crippen LogP contribution in [0.15, 0.2) is 18.2 Å². The van der Waals surface area contributed by atoms with Crippen molar-refractivity contribution in [1.29, 1.82) is 0 Å². The number of halogens is 1. The van der Waals surface area contributed by atoms with Gasteiger partial charge in [-0.2, -0.15) is 0 Å². The first-order chi connectivity index (χ1) is 9.43. The number of carbonyl (C=O) groups is 2. The number of thiocarbonyl (C=S) groups is 1. The summed E-state index contributed by atoms with van der Waals surface area (Å²) in [7, 11) is 0. The van der Waals surface area contributed by atoms with E-state index in [1.165, 1.54) is 12.1 Å². The van der Waals surface area contributed by atoms with Gasteiger partial charge in [-0.05, 0) is 19.1 Å². The summed E-state index contributed by atoms with van der Waals surface area (Å²) < 4.78 is 18.5. The molecule has 0 saturated carbocycles. The maximum absolute atomic E-state index is 13.5. The third kappa shape index (κ3) is 4.81. The van der Waals surface area contributed by atoms with Crippen LogP contribution in [0.5, 0.6) is 5.75 Å². The Hall–Kier alpha value is -2.22. The van der Waals surface area contributed by atoms with Crippen molar-refractivity contribution < 1.29 is 18.7 Å². The van der Waals surface area contributed by atoms with E-state index in [0.29, 0.717) is 6.61 Å². The molecule has 0 saturated heterocycles. The molecule has 0 aliphatic rings. The van der Waals surface area contributed by atoms with Crippen LogP contribution in [0.3, 0.4) is 0 Å². The Kier molecular flexibility index (Phi) is 5.85. The lowest BCUT2D eigenvalue weighted by atomic mass is 10.3. The SMILES string of the molecule is CCOc1ccc(NC(=O)C(=O)NCC(N)=S)cc1F. The molecule has 20 heavy (non-hydrogen) atoms. The van der Waals surface area contributed by atoms with Gasteiger partial charge in [-0.1, -0.05) is 12.2 Å². The summed E-state index contributed by atoms with van der Waals surface area (Å²) >= 11 is 4.55. The van der Waals surface area contributed by atoms with Crippen LogP contribution >= 0.6 is 12.2 Å². The zero-order valence-electron chi connectivity index (χ0n) is 10.7. The average molecular weight is 299 g/mol. The Bertz CT molecular complexity index is 537. The molecule has 0 bridgehead atoms. The number of amides is 2. The molecule has 108 valence electrons. The van der Waals surface area contributed by atoms with Crippen molar-refractivity contribution in [1.82, 2.24) is 5.32 Å². The lowest BCUT2D eigenvalue weighted by Gasteiger charge is -2.08. The number of nitrogens with two attached hydrogens (primary N) is 1. The van der Waals surface area contributed by atoms with Crippen molar-refractivity contribution in [3.63, 3.8) is 0 Å². The number of anilines is 1. The first kappa shape index (κ1) is 15.8. The molecule has 0 atom stereocenters. The van der Waals surface area contributed by atoms with Crippen molar-refractivity contribution in [2.24, 2.45) is 5.73 Å². The number of carbonyl (C=O) groups excluding carboxylic acids is 2. The largest absolute Gasteiger partial charge is 0.491 e. The summed E-state index contributed by atoms with van der Waals surface area (Å²) in [6, 6.07) is 3.85. The molecule has 0 unspecified atom stereocenters. The third-order valence-corrected chi connectivity index (χ3v) is 2.26. The molecule has 2 amide bonds. The zero-order chi connectivity index (χ0) is 15.1. The van der Waals surface area contributed by atoms with E-state index < -0.39 is 17.6 Å². The van der Waals surface area contributed by atoms with Gasteiger partial charge in [0.2, 0.25) is 0 Å². The second kappa shape index (κ2) is 7.39. The fraction of sp³-hybridized carbons (Fsp3) is 0.250. The molecule has 0 aliphatic heterocycles. The van der Waals surface area contributed by atoms with Crippen molar-refractivity contribution in [2.45, 2.75) is 6.92 Å². The standard InChI is InChI=1S/C12H14FN3O3S/c1-2-19-9-4-3-7(5-8(9)13)16-12(18)11(17)15-6-10(14)20/h3-5H,2,6H2,1H3,(H2,14,20)(H,15,17)(H,16,18). The maximum Gasteiger partial charge on any atom is 0.313 e. The van der Waals surface area contributed by atoms with Gasteiger partial charge in [0.05, 0.1) is 18.1 Å². The number of hydrogen-bond acceptors (Lipinski definition) is 4. The smallest absolute Gasteiger partial charge is 0.313 e. The molecule has 0 spiro atoms. The first-order valence-electron chi connectivity index (χ1n) is 5.74. The van der Waals surface area contributed by atoms with Crippen LogP contribution in [0, 0.1) is 5.82 Å². The summed E-state index contributed by atoms with van der Waals surface area (Å²) in [4.78, 5) is 22.9. The second-order valence-corrected chi connectivity index (χ2v) is 4.21. The van der Waals surface area contributed by atoms with Crippen LogP contribution in [-0.4, -0.2) is 30.0 Å². The number of rotatable bonds is 5. The Balaban J connectivity index is 2.64. The van der Waals surface area contributed by atoms with Crippen molar-refractivity contribution >= 4 is 34.7 Å². The van der Waals surface area contributed by atoms with E-state index in [-0.39, 0.29) is 23.0 Å². The summed E-state index contributed by atoms with van der Waals surface area (Å²) in [6.45, 7) is 1.96. The predicted octanol–water partition coefficient (Wildman–Crippen LogP) is 0.565. The molecule has 1 rings (SSSR count). The van der Waals surface area contributed by atoms with Gasteiger partial charge < -0.3 is 21.1 Å². The molecule has 0 aliphatic carbocycles. The van der Waals surface area contributed by atoms with Crippen molar-refractivity contribution in [2.75, 3.05) is 18.5 Å². The van der Waals surface area contributed by atoms with Gasteiger partial charge in [0, 0.05) is 11.8 Å². The quantitative estimate of drug-likeness (QED) is 0.546. The number of benzene rings is 1. The van der Waals surface area contributed by atoms with E-state index in [1.54, 1.807) is 6.92 Å². The van der Waals surface area contributed by atoms with Crippen LogP contribution < -0.4 is 21.1 Å². The van der Waals surface area contributed by atoms with Gasteiger partial charge in [-0.15, -0.1) is 0 Å². The molecule has 6 nitrogen and oxygen atoms in total. The number of nitrogens with one attached hydrogen (secondary N) is 2. The summed E-state index contributed by atoms with van der Waals surface area (Å²) in [5, 5.41) is 4.46. The van der Waals surface area contributed by atoms with Crippen molar-refractivity contribution in [3.05, 3.63) is 24.0 Å². The number of hydrogen-bond donors (Lipinski definition) is 3. The molecule has 0 fully saturated rings. The first-order valence-corrected chi connectivity index (χ1v) is 6.14. The Morgan fingerprint density at radius 3 is 2.65 bits per heavy atom. The van der Waals surface area contributed by atoms with Crippen LogP contribution in [0.25, 0.3) is 0 Å². The van der Waals surface area contributed by atoms with Crippen molar-refractivity contribution in [3.8, 4) is 5.75 Å². The summed E-state index contributed by atoms with van der Waals surface area (Å²) in [5.41, 5.74) is 5.32. The van der Waals surface area contributed by atoms with Gasteiger partial charge in [-0.3, -0.25) is 9.59 Å². The Morgan fingerprint density at radius 1 is 1.40 bits per heavy atom. The third-order valence-electron chi connectivity index (χ3n) is 2.12. The zero-order valence-corrected chi connectivity index (χ0v) is 11.6. The average Bonchev–Trinajstić information content (AvgIpc) is 2.39. The lowest BCUT2D eigenvalue weighted by molar-refractivity contribution is -0.135. The van der Waals surface area contributed by atoms with E-state index >= 15 is 0 Å². The molecule has 8 heteroatoms. The topological polar surface area (TPSA) is 93.4 Å². The van der Waals surface area contributed by atoms with Gasteiger partial charge >= 0.3 is 11.8 Å². The Morgan fingerprint density at radius 2 is 2.10 bits per heavy atom. The molecule has 1 aromatic rings. The van der Waals surface area contributed by atoms with Gasteiger partial charge in [0.15, 0.2) is 11.6 Å². The highest BCUT2D eigenvalue weighted by Crippen LogP contribution is 2.20. The van der Waals surface area contributed by atoms with Gasteiger partial charge in [-0.25, -0.2) is 4.39 Å². The predicted molar refractivity (Wildman–Crippen MR) is 76.0 cm³/mol. The normalized spacial score (nSPS) is 9.70. The minimum Gasteiger partial charge on any atom is -0.491 e. The fourth-order valence-corrected chi connectivity index (χ4v) is 1.36. The molecule has 1 aromatic carbocycles. The van der Waals surface area contributed by atoms with Crippen LogP contribution in [0.1, 0.15) is 6.92 Å². The van der Waals surface area contributed by atoms with Gasteiger partial charge in [0.1, 0.15) is 0 Å². The van der Waals surface area contributed by atoms with Crippen LogP contribution in [-0.2, 0) is 9.59 Å². The van der Waals surface area contributed by atoms with E-state index in [9.17, 15) is 14.0 Å². The number of ether oxygens (including phenoxy) is 1. The maximum atomic E-state index is 13.5. The highest BCUT2D eigenvalue weighted by Gasteiger charge is 2.14.